The average Bonchev–Trinajstić information content (AvgIpc) is 3.67. The maximum Gasteiger partial charge on any atom is 0.225 e. The molecule has 0 radical (unpaired) electrons. The topological polar surface area (TPSA) is 88.3 Å². The van der Waals surface area contributed by atoms with Crippen molar-refractivity contribution in [1.29, 1.82) is 0 Å². The van der Waals surface area contributed by atoms with Crippen molar-refractivity contribution < 1.29 is 9.59 Å². The zero-order valence-electron chi connectivity index (χ0n) is 21.7. The molecule has 2 aliphatic rings. The summed E-state index contributed by atoms with van der Waals surface area (Å²) in [6.07, 6.45) is 8.21. The first-order valence-electron chi connectivity index (χ1n) is 13.3. The molecule has 2 aliphatic carbocycles. The number of hydrogen-bond donors (Lipinski definition) is 2. The van der Waals surface area contributed by atoms with Crippen LogP contribution < -0.4 is 11.1 Å². The van der Waals surface area contributed by atoms with Crippen molar-refractivity contribution in [2.24, 2.45) is 11.7 Å². The maximum absolute atomic E-state index is 12.9. The SMILES string of the molecule is CC(=O)N(C)[C@H]1CC[C@H](CC(=O)Nc2cc(-c3ccccc3)c(-c3ccc(C4(N)CC4)cc3)cn2)CC1. The van der Waals surface area contributed by atoms with E-state index in [4.69, 9.17) is 5.73 Å². The third-order valence-electron chi connectivity index (χ3n) is 8.15. The van der Waals surface area contributed by atoms with Crippen LogP contribution >= 0.6 is 0 Å². The number of aromatic nitrogens is 1. The first-order valence-corrected chi connectivity index (χ1v) is 13.3. The summed E-state index contributed by atoms with van der Waals surface area (Å²) in [6, 6.07) is 20.9. The van der Waals surface area contributed by atoms with Crippen LogP contribution in [0.25, 0.3) is 22.3 Å². The second-order valence-corrected chi connectivity index (χ2v) is 10.8. The molecule has 6 nitrogen and oxygen atoms in total. The number of carbonyl (C=O) groups is 2. The van der Waals surface area contributed by atoms with E-state index >= 15 is 0 Å². The molecule has 1 heterocycles. The number of amides is 2. The van der Waals surface area contributed by atoms with Crippen LogP contribution in [-0.4, -0.2) is 34.8 Å². The van der Waals surface area contributed by atoms with Gasteiger partial charge in [-0.05, 0) is 72.8 Å². The van der Waals surface area contributed by atoms with Crippen molar-refractivity contribution in [3.8, 4) is 22.3 Å². The third-order valence-corrected chi connectivity index (χ3v) is 8.15. The van der Waals surface area contributed by atoms with E-state index in [9.17, 15) is 9.59 Å². The van der Waals surface area contributed by atoms with E-state index in [0.717, 1.165) is 60.8 Å². The Morgan fingerprint density at radius 2 is 1.62 bits per heavy atom. The van der Waals surface area contributed by atoms with E-state index in [1.165, 1.54) is 5.56 Å². The quantitative estimate of drug-likeness (QED) is 0.437. The molecular formula is C31H36N4O2. The molecule has 2 fully saturated rings. The van der Waals surface area contributed by atoms with Gasteiger partial charge in [0.2, 0.25) is 11.8 Å². The molecule has 37 heavy (non-hydrogen) atoms. The molecule has 3 aromatic rings. The highest BCUT2D eigenvalue weighted by atomic mass is 16.2. The fourth-order valence-electron chi connectivity index (χ4n) is 5.46. The predicted octanol–water partition coefficient (Wildman–Crippen LogP) is 5.73. The molecule has 0 atom stereocenters. The summed E-state index contributed by atoms with van der Waals surface area (Å²) in [5.41, 5.74) is 11.6. The van der Waals surface area contributed by atoms with Crippen molar-refractivity contribution >= 4 is 17.6 Å². The summed E-state index contributed by atoms with van der Waals surface area (Å²) < 4.78 is 0. The number of pyridine rings is 1. The van der Waals surface area contributed by atoms with Gasteiger partial charge < -0.3 is 16.0 Å². The minimum absolute atomic E-state index is 0.00957. The highest BCUT2D eigenvalue weighted by Crippen LogP contribution is 2.43. The summed E-state index contributed by atoms with van der Waals surface area (Å²) >= 11 is 0. The molecule has 5 rings (SSSR count). The first kappa shape index (κ1) is 25.2. The van der Waals surface area contributed by atoms with Crippen LogP contribution in [0.1, 0.15) is 57.4 Å². The van der Waals surface area contributed by atoms with Crippen LogP contribution in [0.3, 0.4) is 0 Å². The van der Waals surface area contributed by atoms with Gasteiger partial charge in [0.05, 0.1) is 0 Å². The van der Waals surface area contributed by atoms with Gasteiger partial charge in [-0.25, -0.2) is 4.98 Å². The molecule has 3 N–H and O–H groups in total. The lowest BCUT2D eigenvalue weighted by molar-refractivity contribution is -0.130. The Hall–Kier alpha value is -3.51. The lowest BCUT2D eigenvalue weighted by Gasteiger charge is -2.34. The Morgan fingerprint density at radius 3 is 2.24 bits per heavy atom. The summed E-state index contributed by atoms with van der Waals surface area (Å²) in [6.45, 7) is 1.61. The van der Waals surface area contributed by atoms with Crippen molar-refractivity contribution in [3.63, 3.8) is 0 Å². The minimum Gasteiger partial charge on any atom is -0.343 e. The number of nitrogens with zero attached hydrogens (tertiary/aromatic N) is 2. The van der Waals surface area contributed by atoms with Gasteiger partial charge in [-0.3, -0.25) is 9.59 Å². The van der Waals surface area contributed by atoms with Crippen molar-refractivity contribution in [3.05, 3.63) is 72.4 Å². The second kappa shape index (κ2) is 10.5. The molecule has 1 aromatic heterocycles. The first-order chi connectivity index (χ1) is 17.8. The highest BCUT2D eigenvalue weighted by molar-refractivity contribution is 5.92. The number of rotatable bonds is 7. The molecule has 2 aromatic carbocycles. The highest BCUT2D eigenvalue weighted by Gasteiger charge is 2.39. The molecule has 2 amide bonds. The Labute approximate surface area is 219 Å². The van der Waals surface area contributed by atoms with Crippen LogP contribution in [0.15, 0.2) is 66.9 Å². The monoisotopic (exact) mass is 496 g/mol. The van der Waals surface area contributed by atoms with Gasteiger partial charge in [-0.1, -0.05) is 54.6 Å². The number of nitrogens with two attached hydrogens (primary N) is 1. The number of anilines is 1. The Bertz CT molecular complexity index is 1260. The zero-order valence-corrected chi connectivity index (χ0v) is 21.7. The summed E-state index contributed by atoms with van der Waals surface area (Å²) in [4.78, 5) is 31.0. The molecule has 6 heteroatoms. The number of nitrogens with one attached hydrogen (secondary N) is 1. The van der Waals surface area contributed by atoms with E-state index in [2.05, 4.69) is 46.7 Å². The van der Waals surface area contributed by atoms with Crippen molar-refractivity contribution in [2.45, 2.75) is 63.5 Å². The fraction of sp³-hybridized carbons (Fsp3) is 0.387. The Kier molecular flexibility index (Phi) is 7.11. The van der Waals surface area contributed by atoms with E-state index in [-0.39, 0.29) is 23.4 Å². The smallest absolute Gasteiger partial charge is 0.225 e. The third kappa shape index (κ3) is 5.75. The lowest BCUT2D eigenvalue weighted by Crippen LogP contribution is -2.38. The predicted molar refractivity (Wildman–Crippen MR) is 148 cm³/mol. The summed E-state index contributed by atoms with van der Waals surface area (Å²) in [7, 11) is 1.87. The van der Waals surface area contributed by atoms with E-state index in [0.29, 0.717) is 18.2 Å². The van der Waals surface area contributed by atoms with Crippen molar-refractivity contribution in [1.82, 2.24) is 9.88 Å². The average molecular weight is 497 g/mol. The molecule has 0 saturated heterocycles. The molecular weight excluding hydrogens is 460 g/mol. The van der Waals surface area contributed by atoms with E-state index in [1.54, 1.807) is 6.92 Å². The molecule has 0 spiro atoms. The number of benzene rings is 2. The van der Waals surface area contributed by atoms with Gasteiger partial charge in [0.15, 0.2) is 0 Å². The Morgan fingerprint density at radius 1 is 0.973 bits per heavy atom. The number of hydrogen-bond acceptors (Lipinski definition) is 4. The second-order valence-electron chi connectivity index (χ2n) is 10.8. The van der Waals surface area contributed by atoms with E-state index in [1.807, 2.05) is 42.4 Å². The summed E-state index contributed by atoms with van der Waals surface area (Å²) in [5, 5.41) is 3.04. The van der Waals surface area contributed by atoms with Gasteiger partial charge in [0.25, 0.3) is 0 Å². The van der Waals surface area contributed by atoms with Gasteiger partial charge >= 0.3 is 0 Å². The molecule has 0 unspecified atom stereocenters. The van der Waals surface area contributed by atoms with Gasteiger partial charge in [-0.15, -0.1) is 0 Å². The van der Waals surface area contributed by atoms with E-state index < -0.39 is 0 Å². The van der Waals surface area contributed by atoms with Crippen LogP contribution in [0.4, 0.5) is 5.82 Å². The molecule has 0 aliphatic heterocycles. The minimum atomic E-state index is -0.157. The standard InChI is InChI=1S/C31H36N4O2/c1-21(36)35(2)26-14-8-22(9-15-26)18-30(37)34-29-19-27(23-6-4-3-5-7-23)28(20-33-29)24-10-12-25(13-11-24)31(32)16-17-31/h3-7,10-13,19-20,22,26H,8-9,14-18,32H2,1-2H3,(H,33,34,37)/t22-,26-. The van der Waals surface area contributed by atoms with Crippen LogP contribution in [0.5, 0.6) is 0 Å². The van der Waals surface area contributed by atoms with Gasteiger partial charge in [0.1, 0.15) is 5.82 Å². The van der Waals surface area contributed by atoms with Crippen LogP contribution in [0.2, 0.25) is 0 Å². The Balaban J connectivity index is 1.30. The normalized spacial score (nSPS) is 20.2. The van der Waals surface area contributed by atoms with Gasteiger partial charge in [0, 0.05) is 43.7 Å². The summed E-state index contributed by atoms with van der Waals surface area (Å²) in [5.74, 6) is 0.991. The zero-order chi connectivity index (χ0) is 26.0. The maximum atomic E-state index is 12.9. The molecule has 0 bridgehead atoms. The number of carbonyl (C=O) groups excluding carboxylic acids is 2. The van der Waals surface area contributed by atoms with Gasteiger partial charge in [-0.2, -0.15) is 0 Å². The van der Waals surface area contributed by atoms with Crippen molar-refractivity contribution in [2.75, 3.05) is 12.4 Å². The van der Waals surface area contributed by atoms with Crippen LogP contribution in [0, 0.1) is 5.92 Å². The van der Waals surface area contributed by atoms with Crippen LogP contribution in [-0.2, 0) is 15.1 Å². The molecule has 192 valence electrons. The lowest BCUT2D eigenvalue weighted by atomic mass is 9.83. The molecule has 2 saturated carbocycles. The largest absolute Gasteiger partial charge is 0.343 e. The fourth-order valence-corrected chi connectivity index (χ4v) is 5.46.